The summed E-state index contributed by atoms with van der Waals surface area (Å²) in [6.07, 6.45) is 2.67. The normalized spacial score (nSPS) is 11.0. The van der Waals surface area contributed by atoms with Crippen molar-refractivity contribution in [2.24, 2.45) is 0 Å². The molecule has 0 spiro atoms. The third-order valence-corrected chi connectivity index (χ3v) is 6.02. The van der Waals surface area contributed by atoms with Crippen molar-refractivity contribution in [2.45, 2.75) is 26.3 Å². The molecule has 0 saturated carbocycles. The van der Waals surface area contributed by atoms with Crippen LogP contribution in [0, 0.1) is 0 Å². The Kier molecular flexibility index (Phi) is 5.31. The number of rotatable bonds is 6. The van der Waals surface area contributed by atoms with E-state index < -0.39 is 0 Å². The fourth-order valence-corrected chi connectivity index (χ4v) is 4.29. The summed E-state index contributed by atoms with van der Waals surface area (Å²) in [5.74, 6) is -0.181. The van der Waals surface area contributed by atoms with E-state index in [9.17, 15) is 9.59 Å². The van der Waals surface area contributed by atoms with Crippen LogP contribution in [-0.2, 0) is 17.8 Å². The molecule has 0 saturated heterocycles. The highest BCUT2D eigenvalue weighted by atomic mass is 32.1. The van der Waals surface area contributed by atoms with Gasteiger partial charge in [-0.2, -0.15) is 0 Å². The van der Waals surface area contributed by atoms with Gasteiger partial charge in [-0.1, -0.05) is 31.2 Å². The first kappa shape index (κ1) is 18.5. The summed E-state index contributed by atoms with van der Waals surface area (Å²) in [6.45, 7) is 2.40. The summed E-state index contributed by atoms with van der Waals surface area (Å²) >= 11 is 2.82. The average Bonchev–Trinajstić information content (AvgIpc) is 3.37. The van der Waals surface area contributed by atoms with E-state index in [1.54, 1.807) is 6.07 Å². The molecule has 1 aromatic carbocycles. The molecule has 0 aliphatic heterocycles. The molecule has 4 rings (SSSR count). The van der Waals surface area contributed by atoms with Gasteiger partial charge in [0.2, 0.25) is 5.91 Å². The number of carbonyl (C=O) groups is 1. The number of hydrogen-bond donors (Lipinski definition) is 1. The van der Waals surface area contributed by atoms with Crippen molar-refractivity contribution in [1.29, 1.82) is 0 Å². The summed E-state index contributed by atoms with van der Waals surface area (Å²) < 4.78 is 1.47. The van der Waals surface area contributed by atoms with E-state index in [2.05, 4.69) is 34.3 Å². The Hall–Kier alpha value is -2.84. The van der Waals surface area contributed by atoms with Crippen LogP contribution in [0.1, 0.15) is 18.9 Å². The van der Waals surface area contributed by atoms with Gasteiger partial charge in [0.25, 0.3) is 5.56 Å². The van der Waals surface area contributed by atoms with Gasteiger partial charge in [0.15, 0.2) is 5.13 Å². The van der Waals surface area contributed by atoms with Gasteiger partial charge in [0.1, 0.15) is 4.83 Å². The first-order valence-corrected chi connectivity index (χ1v) is 10.7. The first-order valence-electron chi connectivity index (χ1n) is 8.91. The lowest BCUT2D eigenvalue weighted by Crippen LogP contribution is -2.23. The number of hydrogen-bond acceptors (Lipinski definition) is 6. The van der Waals surface area contributed by atoms with Gasteiger partial charge in [0, 0.05) is 23.9 Å². The van der Waals surface area contributed by atoms with Gasteiger partial charge in [0.05, 0.1) is 17.4 Å². The number of nitrogens with one attached hydrogen (secondary N) is 1. The van der Waals surface area contributed by atoms with Gasteiger partial charge < -0.3 is 5.32 Å². The van der Waals surface area contributed by atoms with Crippen LogP contribution in [0.25, 0.3) is 21.5 Å². The number of carbonyl (C=O) groups excluding carboxylic acids is 1. The number of benzene rings is 1. The van der Waals surface area contributed by atoms with Crippen molar-refractivity contribution in [3.63, 3.8) is 0 Å². The van der Waals surface area contributed by atoms with Gasteiger partial charge in [-0.15, -0.1) is 22.7 Å². The number of thiophene rings is 1. The number of amides is 1. The topological polar surface area (TPSA) is 76.9 Å². The third kappa shape index (κ3) is 3.88. The highest BCUT2D eigenvalue weighted by Gasteiger charge is 2.10. The maximum atomic E-state index is 12.4. The number of nitrogens with zero attached hydrogens (tertiary/aromatic N) is 3. The number of aromatic nitrogens is 3. The summed E-state index contributed by atoms with van der Waals surface area (Å²) in [4.78, 5) is 34.1. The Morgan fingerprint density at radius 1 is 1.18 bits per heavy atom. The molecule has 0 atom stereocenters. The quantitative estimate of drug-likeness (QED) is 0.517. The highest BCUT2D eigenvalue weighted by Crippen LogP contribution is 2.25. The lowest BCUT2D eigenvalue weighted by molar-refractivity contribution is -0.116. The molecule has 0 unspecified atom stereocenters. The standard InChI is InChI=1S/C20H18N4O2S2/c1-2-13-3-5-14(6-4-13)16-11-28-20(22-16)23-17(25)7-9-24-12-21-18-15(19(24)26)8-10-27-18/h3-6,8,10-12H,2,7,9H2,1H3,(H,22,23,25). The largest absolute Gasteiger partial charge is 0.302 e. The SMILES string of the molecule is CCc1ccc(-c2csc(NC(=O)CCn3cnc4sccc4c3=O)n2)cc1. The molecule has 6 nitrogen and oxygen atoms in total. The molecule has 0 fully saturated rings. The smallest absolute Gasteiger partial charge is 0.262 e. The Morgan fingerprint density at radius 2 is 2.00 bits per heavy atom. The van der Waals surface area contributed by atoms with Crippen molar-refractivity contribution in [3.8, 4) is 11.3 Å². The van der Waals surface area contributed by atoms with Gasteiger partial charge in [-0.25, -0.2) is 9.97 Å². The van der Waals surface area contributed by atoms with Crippen LogP contribution in [0.3, 0.4) is 0 Å². The minimum absolute atomic E-state index is 0.119. The fourth-order valence-electron chi connectivity index (χ4n) is 2.83. The molecule has 1 N–H and O–H groups in total. The molecule has 0 aliphatic carbocycles. The van der Waals surface area contributed by atoms with Crippen molar-refractivity contribution < 1.29 is 4.79 Å². The van der Waals surface area contributed by atoms with Crippen LogP contribution < -0.4 is 10.9 Å². The molecule has 4 aromatic rings. The van der Waals surface area contributed by atoms with Crippen molar-refractivity contribution in [3.05, 3.63) is 63.3 Å². The van der Waals surface area contributed by atoms with Crippen LogP contribution in [0.15, 0.2) is 52.2 Å². The molecule has 0 bridgehead atoms. The van der Waals surface area contributed by atoms with E-state index in [-0.39, 0.29) is 24.4 Å². The minimum Gasteiger partial charge on any atom is -0.302 e. The van der Waals surface area contributed by atoms with E-state index >= 15 is 0 Å². The van der Waals surface area contributed by atoms with E-state index in [0.29, 0.717) is 15.3 Å². The van der Waals surface area contributed by atoms with Crippen molar-refractivity contribution in [1.82, 2.24) is 14.5 Å². The molecule has 142 valence electrons. The van der Waals surface area contributed by atoms with Crippen LogP contribution in [0.2, 0.25) is 0 Å². The number of aryl methyl sites for hydroxylation is 2. The van der Waals surface area contributed by atoms with Crippen LogP contribution >= 0.6 is 22.7 Å². The second-order valence-electron chi connectivity index (χ2n) is 6.27. The summed E-state index contributed by atoms with van der Waals surface area (Å²) in [6, 6.07) is 10.0. The molecule has 1 amide bonds. The zero-order chi connectivity index (χ0) is 19.5. The second-order valence-corrected chi connectivity index (χ2v) is 8.02. The summed E-state index contributed by atoms with van der Waals surface area (Å²) in [5.41, 5.74) is 3.02. The predicted octanol–water partition coefficient (Wildman–Crippen LogP) is 4.17. The highest BCUT2D eigenvalue weighted by molar-refractivity contribution is 7.16. The molecule has 3 heterocycles. The number of anilines is 1. The number of thiazole rings is 1. The summed E-state index contributed by atoms with van der Waals surface area (Å²) in [7, 11) is 0. The lowest BCUT2D eigenvalue weighted by atomic mass is 10.1. The molecule has 0 aliphatic rings. The summed E-state index contributed by atoms with van der Waals surface area (Å²) in [5, 5.41) is 7.72. The van der Waals surface area contributed by atoms with Crippen molar-refractivity contribution in [2.75, 3.05) is 5.32 Å². The predicted molar refractivity (Wildman–Crippen MR) is 114 cm³/mol. The van der Waals surface area contributed by atoms with Gasteiger partial charge in [-0.05, 0) is 23.4 Å². The monoisotopic (exact) mass is 410 g/mol. The maximum Gasteiger partial charge on any atom is 0.262 e. The number of fused-ring (bicyclic) bond motifs is 1. The van der Waals surface area contributed by atoms with Crippen LogP contribution in [0.5, 0.6) is 0 Å². The molecule has 3 aromatic heterocycles. The zero-order valence-corrected chi connectivity index (χ0v) is 16.8. The molecule has 28 heavy (non-hydrogen) atoms. The van der Waals surface area contributed by atoms with Crippen LogP contribution in [0.4, 0.5) is 5.13 Å². The maximum absolute atomic E-state index is 12.4. The van der Waals surface area contributed by atoms with Gasteiger partial charge >= 0.3 is 0 Å². The average molecular weight is 411 g/mol. The fraction of sp³-hybridized carbons (Fsp3) is 0.200. The third-order valence-electron chi connectivity index (χ3n) is 4.44. The molecule has 0 radical (unpaired) electrons. The Morgan fingerprint density at radius 3 is 2.79 bits per heavy atom. The van der Waals surface area contributed by atoms with E-state index in [1.807, 2.05) is 22.9 Å². The molecular formula is C20H18N4O2S2. The molecule has 8 heteroatoms. The Bertz CT molecular complexity index is 1170. The van der Waals surface area contributed by atoms with E-state index in [4.69, 9.17) is 0 Å². The van der Waals surface area contributed by atoms with E-state index in [1.165, 1.54) is 39.1 Å². The second kappa shape index (κ2) is 8.04. The molecular weight excluding hydrogens is 392 g/mol. The first-order chi connectivity index (χ1) is 13.6. The zero-order valence-electron chi connectivity index (χ0n) is 15.2. The van der Waals surface area contributed by atoms with Crippen LogP contribution in [-0.4, -0.2) is 20.4 Å². The Labute approximate surface area is 169 Å². The van der Waals surface area contributed by atoms with E-state index in [0.717, 1.165) is 17.7 Å². The van der Waals surface area contributed by atoms with Crippen molar-refractivity contribution >= 4 is 43.9 Å². The lowest BCUT2D eigenvalue weighted by Gasteiger charge is -2.05. The Balaban J connectivity index is 1.39. The minimum atomic E-state index is -0.181. The van der Waals surface area contributed by atoms with Gasteiger partial charge in [-0.3, -0.25) is 14.2 Å².